The van der Waals surface area contributed by atoms with E-state index in [0.717, 1.165) is 6.20 Å². The van der Waals surface area contributed by atoms with Gasteiger partial charge in [0.05, 0.1) is 5.56 Å². The molecule has 13 heavy (non-hydrogen) atoms. The Bertz CT molecular complexity index is 308. The Morgan fingerprint density at radius 1 is 1.62 bits per heavy atom. The van der Waals surface area contributed by atoms with Crippen LogP contribution in [0, 0.1) is 6.92 Å². The first-order valence-electron chi connectivity index (χ1n) is 2.90. The maximum absolute atomic E-state index is 10.3. The van der Waals surface area contributed by atoms with Crippen LogP contribution >= 0.6 is 0 Å². The molecule has 0 atom stereocenters. The van der Waals surface area contributed by atoms with Gasteiger partial charge in [0.1, 0.15) is 0 Å². The third kappa shape index (κ3) is 3.82. The number of aromatic nitrogens is 2. The molecule has 7 heteroatoms. The topological polar surface area (TPSA) is 86.9 Å². The van der Waals surface area contributed by atoms with Crippen LogP contribution in [-0.4, -0.2) is 29.5 Å². The van der Waals surface area contributed by atoms with Gasteiger partial charge in [-0.2, -0.15) is 0 Å². The zero-order valence-electron chi connectivity index (χ0n) is 6.98. The van der Waals surface area contributed by atoms with Crippen LogP contribution in [0.4, 0.5) is 5.82 Å². The zero-order valence-corrected chi connectivity index (χ0v) is 9.82. The number of carboxylic acids is 1. The van der Waals surface area contributed by atoms with Crippen molar-refractivity contribution in [2.75, 3.05) is 0 Å². The predicted octanol–water partition coefficient (Wildman–Crippen LogP) is 0.784. The van der Waals surface area contributed by atoms with Gasteiger partial charge >= 0.3 is 5.97 Å². The average Bonchev–Trinajstić information content (AvgIpc) is 1.85. The molecule has 0 spiro atoms. The Morgan fingerprint density at radius 3 is 2.54 bits per heavy atom. The second-order valence-corrected chi connectivity index (χ2v) is 1.98. The predicted molar refractivity (Wildman–Crippen MR) is 43.5 cm³/mol. The molecule has 0 aliphatic carbocycles. The molecule has 64 valence electrons. The molecule has 0 unspecified atom stereocenters. The first-order valence-corrected chi connectivity index (χ1v) is 2.90. The van der Waals surface area contributed by atoms with Gasteiger partial charge in [-0.25, -0.2) is 4.79 Å². The van der Waals surface area contributed by atoms with Crippen LogP contribution in [0.25, 0.3) is 5.73 Å². The van der Waals surface area contributed by atoms with Gasteiger partial charge < -0.3 is 15.8 Å². The maximum atomic E-state index is 10.3. The summed E-state index contributed by atoms with van der Waals surface area (Å²) in [6.45, 7) is 1.60. The van der Waals surface area contributed by atoms with Crippen molar-refractivity contribution >= 4 is 20.2 Å². The quantitative estimate of drug-likeness (QED) is 0.748. The van der Waals surface area contributed by atoms with E-state index in [1.807, 2.05) is 0 Å². The molecule has 1 rings (SSSR count). The summed E-state index contributed by atoms with van der Waals surface area (Å²) < 4.78 is 0. The minimum absolute atomic E-state index is 0. The van der Waals surface area contributed by atoms with Crippen LogP contribution in [0.1, 0.15) is 16.2 Å². The van der Waals surface area contributed by atoms with Crippen LogP contribution in [0.15, 0.2) is 6.20 Å². The van der Waals surface area contributed by atoms with E-state index in [-0.39, 0.29) is 52.5 Å². The van der Waals surface area contributed by atoms with Gasteiger partial charge in [0.25, 0.3) is 0 Å². The number of aryl methyl sites for hydroxylation is 1. The standard InChI is InChI=1S/C6H7N3O2.B.Y/c1-3-8-2-4(6(10)11)5(7)9-3;;/h2H,1H3,(H3,7,8,9,10,11);;/p-1. The summed E-state index contributed by atoms with van der Waals surface area (Å²) in [6.07, 6.45) is 1.13. The molecule has 5 nitrogen and oxygen atoms in total. The number of aromatic carboxylic acids is 1. The van der Waals surface area contributed by atoms with Gasteiger partial charge in [-0.3, -0.25) is 4.98 Å². The first-order chi connectivity index (χ1) is 5.11. The number of hydrogen-bond acceptors (Lipinski definition) is 3. The molecular formula is C6H6BN3O2Y-. The molecule has 1 aromatic heterocycles. The summed E-state index contributed by atoms with van der Waals surface area (Å²) in [7, 11) is 0. The molecule has 0 aromatic carbocycles. The molecular weight excluding hydrogens is 246 g/mol. The minimum Gasteiger partial charge on any atom is -0.481 e. The molecule has 0 aliphatic heterocycles. The first kappa shape index (κ1) is 15.0. The van der Waals surface area contributed by atoms with Crippen molar-refractivity contribution in [1.29, 1.82) is 0 Å². The molecule has 0 bridgehead atoms. The number of carbonyl (C=O) groups is 1. The number of hydrogen-bond donors (Lipinski definition) is 1. The van der Waals surface area contributed by atoms with Crippen LogP contribution in [0.5, 0.6) is 0 Å². The monoisotopic (exact) mass is 252 g/mol. The fourth-order valence-corrected chi connectivity index (χ4v) is 0.627. The second kappa shape index (κ2) is 6.05. The van der Waals surface area contributed by atoms with Crippen LogP contribution in [0.2, 0.25) is 0 Å². The van der Waals surface area contributed by atoms with Gasteiger partial charge in [-0.15, -0.1) is 0 Å². The molecule has 4 radical (unpaired) electrons. The van der Waals surface area contributed by atoms with E-state index in [1.54, 1.807) is 6.92 Å². The molecule has 1 aromatic rings. The Balaban J connectivity index is 0. The van der Waals surface area contributed by atoms with Gasteiger partial charge in [-0.05, 0) is 12.7 Å². The van der Waals surface area contributed by atoms with E-state index in [4.69, 9.17) is 10.8 Å². The van der Waals surface area contributed by atoms with Crippen LogP contribution in [-0.2, 0) is 32.7 Å². The average molecular weight is 252 g/mol. The summed E-state index contributed by atoms with van der Waals surface area (Å²) in [4.78, 5) is 17.6. The van der Waals surface area contributed by atoms with E-state index in [1.165, 1.54) is 0 Å². The fraction of sp³-hybridized carbons (Fsp3) is 0.167. The second-order valence-electron chi connectivity index (χ2n) is 1.98. The van der Waals surface area contributed by atoms with Gasteiger partial charge in [-0.1, -0.05) is 0 Å². The van der Waals surface area contributed by atoms with Crippen LogP contribution in [0.3, 0.4) is 0 Å². The van der Waals surface area contributed by atoms with Gasteiger partial charge in [0.2, 0.25) is 0 Å². The molecule has 1 heterocycles. The number of rotatable bonds is 1. The molecule has 0 saturated heterocycles. The van der Waals surface area contributed by atoms with Crippen molar-refractivity contribution in [2.24, 2.45) is 0 Å². The third-order valence-electron chi connectivity index (χ3n) is 1.14. The summed E-state index contributed by atoms with van der Waals surface area (Å²) in [5.41, 5.74) is 6.94. The summed E-state index contributed by atoms with van der Waals surface area (Å²) in [6, 6.07) is 0. The molecule has 2 N–H and O–H groups in total. The van der Waals surface area contributed by atoms with Crippen molar-refractivity contribution < 1.29 is 42.6 Å². The number of nitrogens with zero attached hydrogens (tertiary/aromatic N) is 2. The van der Waals surface area contributed by atoms with Gasteiger partial charge in [0.15, 0.2) is 0 Å². The molecule has 0 saturated carbocycles. The number of carboxylic acid groups (broad SMARTS) is 1. The molecule has 0 fully saturated rings. The Morgan fingerprint density at radius 2 is 2.15 bits per heavy atom. The van der Waals surface area contributed by atoms with Crippen molar-refractivity contribution in [3.05, 3.63) is 23.3 Å². The van der Waals surface area contributed by atoms with Crippen molar-refractivity contribution in [3.8, 4) is 0 Å². The van der Waals surface area contributed by atoms with Crippen LogP contribution < -0.4 is 0 Å². The maximum Gasteiger partial charge on any atom is 0.337 e. The van der Waals surface area contributed by atoms with Crippen molar-refractivity contribution in [2.45, 2.75) is 6.92 Å². The SMILES string of the molecule is Cc1ncc(C(=O)O)c([NH-])n1.[B].[Y]. The Hall–Kier alpha value is -0.481. The van der Waals surface area contributed by atoms with Gasteiger partial charge in [0, 0.05) is 53.1 Å². The Kier molecular flexibility index (Phi) is 6.98. The zero-order chi connectivity index (χ0) is 8.43. The minimum atomic E-state index is -1.17. The van der Waals surface area contributed by atoms with Crippen molar-refractivity contribution in [1.82, 2.24) is 9.97 Å². The van der Waals surface area contributed by atoms with E-state index >= 15 is 0 Å². The third-order valence-corrected chi connectivity index (χ3v) is 1.14. The summed E-state index contributed by atoms with van der Waals surface area (Å²) >= 11 is 0. The smallest absolute Gasteiger partial charge is 0.337 e. The summed E-state index contributed by atoms with van der Waals surface area (Å²) in [5.74, 6) is -1.01. The molecule has 0 amide bonds. The normalized spacial score (nSPS) is 8.08. The van der Waals surface area contributed by atoms with E-state index in [0.29, 0.717) is 5.82 Å². The summed E-state index contributed by atoms with van der Waals surface area (Å²) in [5, 5.41) is 8.46. The van der Waals surface area contributed by atoms with E-state index in [9.17, 15) is 4.79 Å². The Labute approximate surface area is 103 Å². The van der Waals surface area contributed by atoms with E-state index in [2.05, 4.69) is 9.97 Å². The fourth-order valence-electron chi connectivity index (χ4n) is 0.627. The molecule has 0 aliphatic rings. The van der Waals surface area contributed by atoms with Crippen molar-refractivity contribution in [3.63, 3.8) is 0 Å². The van der Waals surface area contributed by atoms with E-state index < -0.39 is 5.97 Å². The largest absolute Gasteiger partial charge is 0.481 e. The number of nitrogens with one attached hydrogen (secondary N) is 1.